The number of carbonyl (C=O) groups excluding carboxylic acids is 1. The molecule has 92 valence electrons. The highest BCUT2D eigenvalue weighted by Gasteiger charge is 2.20. The zero-order chi connectivity index (χ0) is 12.0. The molecule has 16 heavy (non-hydrogen) atoms. The van der Waals surface area contributed by atoms with Crippen LogP contribution in [-0.4, -0.2) is 29.9 Å². The SMILES string of the molecule is CC/C=C(\CC)NC1CCN(C(C)=O)CC1. The van der Waals surface area contributed by atoms with Gasteiger partial charge in [-0.15, -0.1) is 0 Å². The molecule has 3 nitrogen and oxygen atoms in total. The maximum absolute atomic E-state index is 11.2. The second-order valence-electron chi connectivity index (χ2n) is 4.42. The van der Waals surface area contributed by atoms with Crippen LogP contribution in [-0.2, 0) is 4.79 Å². The molecule has 1 heterocycles. The Kier molecular flexibility index (Phi) is 5.36. The maximum atomic E-state index is 11.2. The van der Waals surface area contributed by atoms with Gasteiger partial charge in [0, 0.05) is 31.8 Å². The first-order valence-electron chi connectivity index (χ1n) is 6.38. The van der Waals surface area contributed by atoms with Crippen LogP contribution in [0.5, 0.6) is 0 Å². The Morgan fingerprint density at radius 1 is 1.38 bits per heavy atom. The summed E-state index contributed by atoms with van der Waals surface area (Å²) in [7, 11) is 0. The number of nitrogens with one attached hydrogen (secondary N) is 1. The third kappa shape index (κ3) is 3.87. The van der Waals surface area contributed by atoms with Crippen LogP contribution in [0.2, 0.25) is 0 Å². The van der Waals surface area contributed by atoms with E-state index in [1.165, 1.54) is 5.70 Å². The first kappa shape index (κ1) is 13.1. The van der Waals surface area contributed by atoms with Crippen LogP contribution in [0.1, 0.15) is 46.5 Å². The predicted molar refractivity (Wildman–Crippen MR) is 67.1 cm³/mol. The van der Waals surface area contributed by atoms with Crippen molar-refractivity contribution >= 4 is 5.91 Å². The van der Waals surface area contributed by atoms with Crippen molar-refractivity contribution in [2.75, 3.05) is 13.1 Å². The molecule has 1 saturated heterocycles. The van der Waals surface area contributed by atoms with E-state index >= 15 is 0 Å². The molecule has 0 saturated carbocycles. The van der Waals surface area contributed by atoms with E-state index in [1.54, 1.807) is 6.92 Å². The molecular weight excluding hydrogens is 200 g/mol. The lowest BCUT2D eigenvalue weighted by Crippen LogP contribution is -2.43. The quantitative estimate of drug-likeness (QED) is 0.794. The van der Waals surface area contributed by atoms with Crippen LogP contribution >= 0.6 is 0 Å². The topological polar surface area (TPSA) is 32.3 Å². The van der Waals surface area contributed by atoms with E-state index in [2.05, 4.69) is 25.2 Å². The number of allylic oxidation sites excluding steroid dienone is 2. The predicted octanol–water partition coefficient (Wildman–Crippen LogP) is 2.29. The number of hydrogen-bond donors (Lipinski definition) is 1. The van der Waals surface area contributed by atoms with Crippen molar-refractivity contribution in [2.45, 2.75) is 52.5 Å². The van der Waals surface area contributed by atoms with Crippen molar-refractivity contribution in [1.82, 2.24) is 10.2 Å². The second kappa shape index (κ2) is 6.56. The average molecular weight is 224 g/mol. The van der Waals surface area contributed by atoms with Gasteiger partial charge in [0.25, 0.3) is 0 Å². The minimum atomic E-state index is 0.207. The Morgan fingerprint density at radius 2 is 2.00 bits per heavy atom. The fourth-order valence-electron chi connectivity index (χ4n) is 2.15. The third-order valence-corrected chi connectivity index (χ3v) is 3.16. The van der Waals surface area contributed by atoms with Crippen LogP contribution in [0, 0.1) is 0 Å². The lowest BCUT2D eigenvalue weighted by molar-refractivity contribution is -0.129. The molecule has 0 aromatic heterocycles. The molecule has 1 aliphatic rings. The molecule has 1 fully saturated rings. The fraction of sp³-hybridized carbons (Fsp3) is 0.769. The van der Waals surface area contributed by atoms with Gasteiger partial charge in [-0.1, -0.05) is 19.9 Å². The Labute approximate surface area is 98.9 Å². The number of hydrogen-bond acceptors (Lipinski definition) is 2. The molecule has 0 aromatic rings. The van der Waals surface area contributed by atoms with Gasteiger partial charge >= 0.3 is 0 Å². The molecule has 0 unspecified atom stereocenters. The van der Waals surface area contributed by atoms with Crippen LogP contribution in [0.4, 0.5) is 0 Å². The van der Waals surface area contributed by atoms with Gasteiger partial charge in [-0.3, -0.25) is 4.79 Å². The maximum Gasteiger partial charge on any atom is 0.219 e. The molecule has 1 rings (SSSR count). The zero-order valence-electron chi connectivity index (χ0n) is 10.8. The first-order chi connectivity index (χ1) is 7.67. The second-order valence-corrected chi connectivity index (χ2v) is 4.42. The number of likely N-dealkylation sites (tertiary alicyclic amines) is 1. The standard InChI is InChI=1S/C13H24N2O/c1-4-6-12(5-2)14-13-7-9-15(10-8-13)11(3)16/h6,13-14H,4-5,7-10H2,1-3H3/b12-6+. The van der Waals surface area contributed by atoms with E-state index in [-0.39, 0.29) is 5.91 Å². The molecule has 1 N–H and O–H groups in total. The van der Waals surface area contributed by atoms with Crippen molar-refractivity contribution in [3.05, 3.63) is 11.8 Å². The van der Waals surface area contributed by atoms with E-state index in [9.17, 15) is 4.79 Å². The zero-order valence-corrected chi connectivity index (χ0v) is 10.8. The lowest BCUT2D eigenvalue weighted by Gasteiger charge is -2.32. The van der Waals surface area contributed by atoms with Gasteiger partial charge < -0.3 is 10.2 Å². The normalized spacial score (nSPS) is 18.7. The van der Waals surface area contributed by atoms with Crippen molar-refractivity contribution in [1.29, 1.82) is 0 Å². The van der Waals surface area contributed by atoms with Crippen molar-refractivity contribution in [2.24, 2.45) is 0 Å². The van der Waals surface area contributed by atoms with E-state index in [4.69, 9.17) is 0 Å². The number of rotatable bonds is 4. The molecule has 0 spiro atoms. The Morgan fingerprint density at radius 3 is 2.44 bits per heavy atom. The highest BCUT2D eigenvalue weighted by Crippen LogP contribution is 2.12. The Balaban J connectivity index is 2.36. The Hall–Kier alpha value is -0.990. The average Bonchev–Trinajstić information content (AvgIpc) is 2.29. The number of nitrogens with zero attached hydrogens (tertiary/aromatic N) is 1. The van der Waals surface area contributed by atoms with Gasteiger partial charge in [-0.05, 0) is 25.7 Å². The van der Waals surface area contributed by atoms with Gasteiger partial charge in [0.2, 0.25) is 5.91 Å². The van der Waals surface area contributed by atoms with Gasteiger partial charge in [0.1, 0.15) is 0 Å². The first-order valence-corrected chi connectivity index (χ1v) is 6.38. The summed E-state index contributed by atoms with van der Waals surface area (Å²) < 4.78 is 0. The van der Waals surface area contributed by atoms with E-state index in [0.29, 0.717) is 6.04 Å². The summed E-state index contributed by atoms with van der Waals surface area (Å²) in [6.45, 7) is 7.79. The van der Waals surface area contributed by atoms with Gasteiger partial charge in [0.15, 0.2) is 0 Å². The molecule has 1 aliphatic heterocycles. The number of piperidine rings is 1. The lowest BCUT2D eigenvalue weighted by atomic mass is 10.0. The molecule has 0 bridgehead atoms. The smallest absolute Gasteiger partial charge is 0.219 e. The van der Waals surface area contributed by atoms with E-state index in [1.807, 2.05) is 4.90 Å². The van der Waals surface area contributed by atoms with Crippen LogP contribution in [0.25, 0.3) is 0 Å². The monoisotopic (exact) mass is 224 g/mol. The molecule has 0 aromatic carbocycles. The van der Waals surface area contributed by atoms with Crippen molar-refractivity contribution in [3.8, 4) is 0 Å². The highest BCUT2D eigenvalue weighted by molar-refractivity contribution is 5.73. The van der Waals surface area contributed by atoms with Crippen LogP contribution in [0.3, 0.4) is 0 Å². The van der Waals surface area contributed by atoms with E-state index < -0.39 is 0 Å². The minimum absolute atomic E-state index is 0.207. The summed E-state index contributed by atoms with van der Waals surface area (Å²) in [6, 6.07) is 0.549. The molecule has 0 aliphatic carbocycles. The van der Waals surface area contributed by atoms with E-state index in [0.717, 1.165) is 38.8 Å². The molecular formula is C13H24N2O. The summed E-state index contributed by atoms with van der Waals surface area (Å²) in [5.41, 5.74) is 1.35. The van der Waals surface area contributed by atoms with Crippen LogP contribution in [0.15, 0.2) is 11.8 Å². The summed E-state index contributed by atoms with van der Waals surface area (Å²) in [5, 5.41) is 3.59. The third-order valence-electron chi connectivity index (χ3n) is 3.16. The van der Waals surface area contributed by atoms with Crippen molar-refractivity contribution in [3.63, 3.8) is 0 Å². The van der Waals surface area contributed by atoms with Gasteiger partial charge in [-0.2, -0.15) is 0 Å². The number of carbonyl (C=O) groups is 1. The summed E-state index contributed by atoms with van der Waals surface area (Å²) >= 11 is 0. The minimum Gasteiger partial charge on any atom is -0.386 e. The summed E-state index contributed by atoms with van der Waals surface area (Å²) in [6.07, 6.45) is 6.56. The van der Waals surface area contributed by atoms with Crippen LogP contribution < -0.4 is 5.32 Å². The van der Waals surface area contributed by atoms with Gasteiger partial charge in [0.05, 0.1) is 0 Å². The Bertz CT molecular complexity index is 253. The number of amides is 1. The largest absolute Gasteiger partial charge is 0.386 e. The molecule has 0 radical (unpaired) electrons. The summed E-state index contributed by atoms with van der Waals surface area (Å²) in [4.78, 5) is 13.1. The summed E-state index contributed by atoms with van der Waals surface area (Å²) in [5.74, 6) is 0.207. The van der Waals surface area contributed by atoms with Crippen molar-refractivity contribution < 1.29 is 4.79 Å². The fourth-order valence-corrected chi connectivity index (χ4v) is 2.15. The molecule has 0 atom stereocenters. The molecule has 1 amide bonds. The highest BCUT2D eigenvalue weighted by atomic mass is 16.2. The molecule has 3 heteroatoms. The van der Waals surface area contributed by atoms with Gasteiger partial charge in [-0.25, -0.2) is 0 Å².